The fourth-order valence-electron chi connectivity index (χ4n) is 1.09. The summed E-state index contributed by atoms with van der Waals surface area (Å²) in [6, 6.07) is 1.77. The van der Waals surface area contributed by atoms with Gasteiger partial charge in [-0.3, -0.25) is 10.1 Å². The van der Waals surface area contributed by atoms with Gasteiger partial charge in [-0.15, -0.1) is 11.3 Å². The van der Waals surface area contributed by atoms with Gasteiger partial charge in [0.1, 0.15) is 0 Å². The van der Waals surface area contributed by atoms with Gasteiger partial charge in [0, 0.05) is 31.0 Å². The number of hydrogen-bond acceptors (Lipinski definition) is 3. The lowest BCUT2D eigenvalue weighted by Gasteiger charge is -1.97. The van der Waals surface area contributed by atoms with E-state index in [0.717, 1.165) is 0 Å². The molecule has 0 unspecified atom stereocenters. The van der Waals surface area contributed by atoms with Crippen molar-refractivity contribution in [3.05, 3.63) is 35.6 Å². The van der Waals surface area contributed by atoms with Crippen molar-refractivity contribution < 1.29 is 4.79 Å². The molecule has 4 nitrogen and oxygen atoms in total. The maximum atomic E-state index is 11.6. The summed E-state index contributed by atoms with van der Waals surface area (Å²) >= 11 is 1.40. The van der Waals surface area contributed by atoms with Crippen LogP contribution in [0.15, 0.2) is 30.0 Å². The standard InChI is InChI=1S/C9H9N3OS/c1-12-4-2-7(6-12)8(13)11-9-10-3-5-14-9/h2-6H,1H3,(H,10,11,13). The number of anilines is 1. The normalized spacial score (nSPS) is 10.1. The highest BCUT2D eigenvalue weighted by atomic mass is 32.1. The Labute approximate surface area is 85.2 Å². The zero-order chi connectivity index (χ0) is 9.97. The van der Waals surface area contributed by atoms with Gasteiger partial charge >= 0.3 is 0 Å². The van der Waals surface area contributed by atoms with Gasteiger partial charge in [0.2, 0.25) is 0 Å². The van der Waals surface area contributed by atoms with E-state index in [4.69, 9.17) is 0 Å². The summed E-state index contributed by atoms with van der Waals surface area (Å²) in [6.45, 7) is 0. The van der Waals surface area contributed by atoms with Gasteiger partial charge < -0.3 is 4.57 Å². The largest absolute Gasteiger partial charge is 0.356 e. The molecule has 2 aromatic heterocycles. The highest BCUT2D eigenvalue weighted by Gasteiger charge is 2.07. The molecule has 1 N–H and O–H groups in total. The van der Waals surface area contributed by atoms with Crippen molar-refractivity contribution in [2.24, 2.45) is 7.05 Å². The first-order valence-corrected chi connectivity index (χ1v) is 4.96. The monoisotopic (exact) mass is 207 g/mol. The van der Waals surface area contributed by atoms with E-state index in [-0.39, 0.29) is 5.91 Å². The quantitative estimate of drug-likeness (QED) is 0.815. The minimum Gasteiger partial charge on any atom is -0.356 e. The van der Waals surface area contributed by atoms with E-state index in [1.807, 2.05) is 23.2 Å². The molecule has 0 aliphatic carbocycles. The zero-order valence-electron chi connectivity index (χ0n) is 7.60. The summed E-state index contributed by atoms with van der Waals surface area (Å²) < 4.78 is 1.83. The number of carbonyl (C=O) groups excluding carboxylic acids is 1. The highest BCUT2D eigenvalue weighted by Crippen LogP contribution is 2.12. The molecule has 72 valence electrons. The van der Waals surface area contributed by atoms with E-state index in [2.05, 4.69) is 10.3 Å². The second kappa shape index (κ2) is 3.63. The first-order valence-electron chi connectivity index (χ1n) is 4.08. The average Bonchev–Trinajstić information content (AvgIpc) is 2.75. The number of rotatable bonds is 2. The summed E-state index contributed by atoms with van der Waals surface area (Å²) in [7, 11) is 1.88. The Bertz CT molecular complexity index is 433. The second-order valence-electron chi connectivity index (χ2n) is 2.86. The van der Waals surface area contributed by atoms with Crippen molar-refractivity contribution >= 4 is 22.4 Å². The molecular formula is C9H9N3OS. The van der Waals surface area contributed by atoms with Crippen molar-refractivity contribution in [3.63, 3.8) is 0 Å². The van der Waals surface area contributed by atoms with Gasteiger partial charge in [0.15, 0.2) is 5.13 Å². The molecule has 14 heavy (non-hydrogen) atoms. The van der Waals surface area contributed by atoms with E-state index in [9.17, 15) is 4.79 Å². The lowest BCUT2D eigenvalue weighted by Crippen LogP contribution is -2.10. The van der Waals surface area contributed by atoms with E-state index in [1.165, 1.54) is 11.3 Å². The molecule has 0 fully saturated rings. The van der Waals surface area contributed by atoms with Gasteiger partial charge in [-0.1, -0.05) is 0 Å². The first-order chi connectivity index (χ1) is 6.75. The van der Waals surface area contributed by atoms with Crippen LogP contribution in [-0.2, 0) is 7.05 Å². The van der Waals surface area contributed by atoms with Crippen LogP contribution >= 0.6 is 11.3 Å². The van der Waals surface area contributed by atoms with Crippen LogP contribution in [0.1, 0.15) is 10.4 Å². The lowest BCUT2D eigenvalue weighted by molar-refractivity contribution is 0.102. The summed E-state index contributed by atoms with van der Waals surface area (Å²) in [6.07, 6.45) is 5.25. The third kappa shape index (κ3) is 1.82. The highest BCUT2D eigenvalue weighted by molar-refractivity contribution is 7.13. The number of hydrogen-bond donors (Lipinski definition) is 1. The van der Waals surface area contributed by atoms with Crippen LogP contribution in [0, 0.1) is 0 Å². The predicted molar refractivity (Wildman–Crippen MR) is 55.5 cm³/mol. The number of amides is 1. The topological polar surface area (TPSA) is 46.9 Å². The molecule has 1 amide bonds. The van der Waals surface area contributed by atoms with Crippen LogP contribution in [0.3, 0.4) is 0 Å². The Balaban J connectivity index is 2.10. The fourth-order valence-corrected chi connectivity index (χ4v) is 1.62. The molecule has 0 aromatic carbocycles. The molecular weight excluding hydrogens is 198 g/mol. The molecule has 0 bridgehead atoms. The van der Waals surface area contributed by atoms with E-state index in [0.29, 0.717) is 10.7 Å². The number of nitrogens with zero attached hydrogens (tertiary/aromatic N) is 2. The Hall–Kier alpha value is -1.62. The lowest BCUT2D eigenvalue weighted by atomic mass is 10.3. The van der Waals surface area contributed by atoms with Gasteiger partial charge in [-0.25, -0.2) is 4.98 Å². The predicted octanol–water partition coefficient (Wildman–Crippen LogP) is 1.73. The van der Waals surface area contributed by atoms with E-state index < -0.39 is 0 Å². The number of aromatic nitrogens is 2. The minimum absolute atomic E-state index is 0.124. The molecule has 0 aliphatic heterocycles. The van der Waals surface area contributed by atoms with Crippen LogP contribution < -0.4 is 5.32 Å². The molecule has 2 aromatic rings. The van der Waals surface area contributed by atoms with Crippen molar-refractivity contribution in [1.82, 2.24) is 9.55 Å². The third-order valence-corrected chi connectivity index (χ3v) is 2.44. The van der Waals surface area contributed by atoms with Crippen LogP contribution in [0.4, 0.5) is 5.13 Å². The third-order valence-electron chi connectivity index (χ3n) is 1.75. The molecule has 0 saturated heterocycles. The Morgan fingerprint density at radius 3 is 3.07 bits per heavy atom. The molecule has 5 heteroatoms. The van der Waals surface area contributed by atoms with Gasteiger partial charge in [-0.2, -0.15) is 0 Å². The Morgan fingerprint density at radius 2 is 2.50 bits per heavy atom. The van der Waals surface area contributed by atoms with E-state index >= 15 is 0 Å². The van der Waals surface area contributed by atoms with Gasteiger partial charge in [0.05, 0.1) is 5.56 Å². The van der Waals surface area contributed by atoms with Crippen molar-refractivity contribution in [3.8, 4) is 0 Å². The summed E-state index contributed by atoms with van der Waals surface area (Å²) in [5, 5.41) is 5.15. The van der Waals surface area contributed by atoms with Gasteiger partial charge in [-0.05, 0) is 6.07 Å². The van der Waals surface area contributed by atoms with Crippen LogP contribution in [0.2, 0.25) is 0 Å². The number of aryl methyl sites for hydroxylation is 1. The van der Waals surface area contributed by atoms with Gasteiger partial charge in [0.25, 0.3) is 5.91 Å². The summed E-state index contributed by atoms with van der Waals surface area (Å²) in [5.74, 6) is -0.124. The zero-order valence-corrected chi connectivity index (χ0v) is 8.41. The molecule has 0 spiro atoms. The minimum atomic E-state index is -0.124. The molecule has 0 radical (unpaired) electrons. The Kier molecular flexibility index (Phi) is 2.32. The summed E-state index contributed by atoms with van der Waals surface area (Å²) in [4.78, 5) is 15.5. The van der Waals surface area contributed by atoms with Crippen molar-refractivity contribution in [1.29, 1.82) is 0 Å². The smallest absolute Gasteiger partial charge is 0.258 e. The van der Waals surface area contributed by atoms with E-state index in [1.54, 1.807) is 18.5 Å². The maximum absolute atomic E-state index is 11.6. The van der Waals surface area contributed by atoms with Crippen LogP contribution in [0.25, 0.3) is 0 Å². The number of carbonyl (C=O) groups is 1. The number of nitrogens with one attached hydrogen (secondary N) is 1. The SMILES string of the molecule is Cn1ccc(C(=O)Nc2nccs2)c1. The second-order valence-corrected chi connectivity index (χ2v) is 3.75. The van der Waals surface area contributed by atoms with Crippen molar-refractivity contribution in [2.45, 2.75) is 0 Å². The first kappa shape index (κ1) is 8.96. The number of thiazole rings is 1. The van der Waals surface area contributed by atoms with Crippen LogP contribution in [-0.4, -0.2) is 15.5 Å². The maximum Gasteiger partial charge on any atom is 0.258 e. The molecule has 0 aliphatic rings. The molecule has 2 heterocycles. The average molecular weight is 207 g/mol. The fraction of sp³-hybridized carbons (Fsp3) is 0.111. The van der Waals surface area contributed by atoms with Crippen LogP contribution in [0.5, 0.6) is 0 Å². The Morgan fingerprint density at radius 1 is 1.64 bits per heavy atom. The van der Waals surface area contributed by atoms with Crippen molar-refractivity contribution in [2.75, 3.05) is 5.32 Å². The molecule has 2 rings (SSSR count). The molecule has 0 atom stereocenters. The molecule has 0 saturated carbocycles. The summed E-state index contributed by atoms with van der Waals surface area (Å²) in [5.41, 5.74) is 0.641.